The van der Waals surface area contributed by atoms with Crippen molar-refractivity contribution in [3.8, 4) is 5.88 Å². The van der Waals surface area contributed by atoms with Gasteiger partial charge in [0, 0.05) is 29.2 Å². The van der Waals surface area contributed by atoms with E-state index in [1.54, 1.807) is 48.1 Å². The molecule has 38 heavy (non-hydrogen) atoms. The Kier molecular flexibility index (Phi) is 5.82. The summed E-state index contributed by atoms with van der Waals surface area (Å²) in [6.07, 6.45) is 0.784. The number of halogens is 3. The van der Waals surface area contributed by atoms with Gasteiger partial charge < -0.3 is 20.0 Å². The van der Waals surface area contributed by atoms with Crippen LogP contribution in [-0.2, 0) is 10.3 Å². The van der Waals surface area contributed by atoms with E-state index < -0.39 is 35.3 Å². The molecule has 1 saturated heterocycles. The predicted octanol–water partition coefficient (Wildman–Crippen LogP) is 5.01. The molecular weight excluding hydrogens is 534 g/mol. The van der Waals surface area contributed by atoms with Gasteiger partial charge in [-0.15, -0.1) is 0 Å². The Balaban J connectivity index is 1.63. The summed E-state index contributed by atoms with van der Waals surface area (Å²) in [6.45, 7) is 0.170. The first-order valence-corrected chi connectivity index (χ1v) is 12.6. The molecule has 3 heterocycles. The van der Waals surface area contributed by atoms with Crippen molar-refractivity contribution < 1.29 is 23.8 Å². The summed E-state index contributed by atoms with van der Waals surface area (Å²) in [6, 6.07) is 13.4. The minimum absolute atomic E-state index is 0.0697. The molecule has 2 aliphatic heterocycles. The van der Waals surface area contributed by atoms with Crippen molar-refractivity contribution in [2.75, 3.05) is 19.0 Å². The first-order chi connectivity index (χ1) is 18.3. The number of aromatic nitrogens is 2. The number of nitrogens with zero attached hydrogens (tertiary/aromatic N) is 2. The fourth-order valence-corrected chi connectivity index (χ4v) is 6.21. The first kappa shape index (κ1) is 24.7. The minimum Gasteiger partial charge on any atom is -0.478 e. The Labute approximate surface area is 226 Å². The highest BCUT2D eigenvalue weighted by atomic mass is 35.5. The van der Waals surface area contributed by atoms with Crippen molar-refractivity contribution in [1.29, 1.82) is 0 Å². The smallest absolute Gasteiger partial charge is 0.335 e. The molecule has 0 amide bonds. The third kappa shape index (κ3) is 3.49. The molecule has 1 aromatic heterocycles. The van der Waals surface area contributed by atoms with Crippen LogP contribution in [0.25, 0.3) is 10.9 Å². The number of ether oxygens (including phenoxy) is 1. The second kappa shape index (κ2) is 8.97. The maximum absolute atomic E-state index is 15.7. The number of carboxylic acids is 1. The Hall–Kier alpha value is -3.66. The summed E-state index contributed by atoms with van der Waals surface area (Å²) in [5, 5.41) is 21.7. The van der Waals surface area contributed by atoms with Gasteiger partial charge in [0.2, 0.25) is 5.88 Å². The lowest BCUT2D eigenvalue weighted by molar-refractivity contribution is -0.113. The summed E-state index contributed by atoms with van der Waals surface area (Å²) in [5.41, 5.74) is 0.482. The van der Waals surface area contributed by atoms with Gasteiger partial charge in [-0.25, -0.2) is 13.9 Å². The lowest BCUT2D eigenvalue weighted by atomic mass is 9.73. The average Bonchev–Trinajstić information content (AvgIpc) is 3.45. The standard InChI is InChI=1S/C27H21Cl2FN4O4/c1-31-20-10-14(28)6-8-17(20)27(12-35)22(16-3-2-4-18(29)23(16)30)24-21(32-27)11-38-25-15-7-5-13(26(36)37)9-19(15)33-34(24)25/h2-10,12,21-22,24,31-32H,11H2,1H3,(H,36,37)/t21-,22-,24+,27+/m0/s1. The van der Waals surface area contributed by atoms with Gasteiger partial charge in [-0.05, 0) is 42.0 Å². The fourth-order valence-electron chi connectivity index (χ4n) is 5.85. The van der Waals surface area contributed by atoms with E-state index in [1.165, 1.54) is 18.2 Å². The van der Waals surface area contributed by atoms with Gasteiger partial charge in [0.05, 0.1) is 33.6 Å². The zero-order chi connectivity index (χ0) is 26.8. The quantitative estimate of drug-likeness (QED) is 0.298. The highest BCUT2D eigenvalue weighted by molar-refractivity contribution is 6.31. The number of carboxylic acid groups (broad SMARTS) is 1. The molecule has 0 radical (unpaired) electrons. The average molecular weight is 555 g/mol. The van der Waals surface area contributed by atoms with Crippen molar-refractivity contribution in [3.05, 3.63) is 87.2 Å². The molecule has 0 unspecified atom stereocenters. The summed E-state index contributed by atoms with van der Waals surface area (Å²) in [4.78, 5) is 24.8. The zero-order valence-electron chi connectivity index (χ0n) is 19.9. The van der Waals surface area contributed by atoms with E-state index in [-0.39, 0.29) is 22.8 Å². The van der Waals surface area contributed by atoms with Crippen LogP contribution >= 0.6 is 23.2 Å². The van der Waals surface area contributed by atoms with Crippen molar-refractivity contribution >= 4 is 52.0 Å². The van der Waals surface area contributed by atoms with Crippen molar-refractivity contribution in [1.82, 2.24) is 15.1 Å². The van der Waals surface area contributed by atoms with E-state index in [4.69, 9.17) is 33.0 Å². The van der Waals surface area contributed by atoms with Crippen LogP contribution in [0.3, 0.4) is 0 Å². The van der Waals surface area contributed by atoms with Crippen LogP contribution in [0.4, 0.5) is 10.1 Å². The van der Waals surface area contributed by atoms with Crippen molar-refractivity contribution in [2.24, 2.45) is 0 Å². The van der Waals surface area contributed by atoms with Crippen LogP contribution < -0.4 is 15.4 Å². The Morgan fingerprint density at radius 3 is 2.82 bits per heavy atom. The molecule has 0 aliphatic carbocycles. The summed E-state index contributed by atoms with van der Waals surface area (Å²) < 4.78 is 23.5. The van der Waals surface area contributed by atoms with Crippen LogP contribution in [0.5, 0.6) is 5.88 Å². The summed E-state index contributed by atoms with van der Waals surface area (Å²) in [5.74, 6) is -2.11. The summed E-state index contributed by atoms with van der Waals surface area (Å²) in [7, 11) is 1.71. The molecule has 194 valence electrons. The molecule has 2 aliphatic rings. The Morgan fingerprint density at radius 1 is 1.26 bits per heavy atom. The molecule has 3 aromatic carbocycles. The van der Waals surface area contributed by atoms with Crippen molar-refractivity contribution in [3.63, 3.8) is 0 Å². The van der Waals surface area contributed by atoms with E-state index in [1.807, 2.05) is 0 Å². The molecule has 11 heteroatoms. The number of anilines is 1. The van der Waals surface area contributed by atoms with E-state index in [9.17, 15) is 14.7 Å². The maximum atomic E-state index is 15.7. The van der Waals surface area contributed by atoms with Crippen LogP contribution in [0.2, 0.25) is 10.0 Å². The number of aromatic carboxylic acids is 1. The molecule has 8 nitrogen and oxygen atoms in total. The number of benzene rings is 3. The molecule has 4 atom stereocenters. The lowest BCUT2D eigenvalue weighted by Crippen LogP contribution is -2.47. The van der Waals surface area contributed by atoms with E-state index in [0.29, 0.717) is 33.1 Å². The Morgan fingerprint density at radius 2 is 2.08 bits per heavy atom. The van der Waals surface area contributed by atoms with Crippen molar-refractivity contribution in [2.45, 2.75) is 23.5 Å². The van der Waals surface area contributed by atoms with Gasteiger partial charge in [0.1, 0.15) is 24.2 Å². The fraction of sp³-hybridized carbons (Fsp3) is 0.222. The molecule has 4 aromatic rings. The second-order valence-electron chi connectivity index (χ2n) is 9.39. The van der Waals surface area contributed by atoms with Gasteiger partial charge in [-0.2, -0.15) is 5.10 Å². The third-order valence-corrected chi connectivity index (χ3v) is 7.98. The highest BCUT2D eigenvalue weighted by Gasteiger charge is 2.59. The zero-order valence-corrected chi connectivity index (χ0v) is 21.4. The largest absolute Gasteiger partial charge is 0.478 e. The van der Waals surface area contributed by atoms with Gasteiger partial charge >= 0.3 is 5.97 Å². The monoisotopic (exact) mass is 554 g/mol. The molecule has 3 N–H and O–H groups in total. The number of aldehydes is 1. The molecule has 1 fully saturated rings. The van der Waals surface area contributed by atoms with Gasteiger partial charge in [-0.3, -0.25) is 5.32 Å². The Bertz CT molecular complexity index is 1630. The number of carbonyl (C=O) groups excluding carboxylic acids is 1. The normalized spacial score (nSPS) is 23.9. The van der Waals surface area contributed by atoms with E-state index >= 15 is 4.39 Å². The predicted molar refractivity (Wildman–Crippen MR) is 141 cm³/mol. The summed E-state index contributed by atoms with van der Waals surface area (Å²) >= 11 is 12.5. The second-order valence-corrected chi connectivity index (χ2v) is 10.2. The first-order valence-electron chi connectivity index (χ1n) is 11.8. The van der Waals surface area contributed by atoms with E-state index in [0.717, 1.165) is 6.29 Å². The molecular formula is C27H21Cl2FN4O4. The van der Waals surface area contributed by atoms with Gasteiger partial charge in [0.15, 0.2) is 0 Å². The van der Waals surface area contributed by atoms with Crippen LogP contribution in [0.1, 0.15) is 33.4 Å². The SMILES string of the molecule is CNc1cc(Cl)ccc1[C@@]1(C=O)N[C@H]2COc3c4ccc(C(=O)O)cc4nn3[C@H]2[C@@H]1c1cccc(Cl)c1F. The number of hydrogen-bond donors (Lipinski definition) is 3. The third-order valence-electron chi connectivity index (χ3n) is 7.45. The number of nitrogens with one attached hydrogen (secondary N) is 2. The lowest BCUT2D eigenvalue weighted by Gasteiger charge is -2.35. The molecule has 0 bridgehead atoms. The highest BCUT2D eigenvalue weighted by Crippen LogP contribution is 2.55. The van der Waals surface area contributed by atoms with Gasteiger partial charge in [0.25, 0.3) is 0 Å². The minimum atomic E-state index is -1.42. The van der Waals surface area contributed by atoms with Gasteiger partial charge in [-0.1, -0.05) is 41.4 Å². The van der Waals surface area contributed by atoms with Crippen LogP contribution in [0, 0.1) is 5.82 Å². The molecule has 0 saturated carbocycles. The van der Waals surface area contributed by atoms with E-state index in [2.05, 4.69) is 10.6 Å². The molecule has 0 spiro atoms. The maximum Gasteiger partial charge on any atom is 0.335 e. The number of carbonyl (C=O) groups is 2. The number of rotatable bonds is 5. The van der Waals surface area contributed by atoms with Crippen LogP contribution in [-0.4, -0.2) is 46.8 Å². The number of hydrogen-bond acceptors (Lipinski definition) is 6. The molecule has 6 rings (SSSR count). The topological polar surface area (TPSA) is 105 Å². The van der Waals surface area contributed by atoms with Crippen LogP contribution in [0.15, 0.2) is 54.6 Å². The number of fused-ring (bicyclic) bond motifs is 5.